The summed E-state index contributed by atoms with van der Waals surface area (Å²) in [5.41, 5.74) is 0. The molecule has 0 aromatic heterocycles. The third-order valence-corrected chi connectivity index (χ3v) is 4.28. The van der Waals surface area contributed by atoms with Gasteiger partial charge >= 0.3 is 18.0 Å². The molecule has 7 heteroatoms. The summed E-state index contributed by atoms with van der Waals surface area (Å²) in [6, 6.07) is 0. The van der Waals surface area contributed by atoms with Gasteiger partial charge in [-0.3, -0.25) is 9.59 Å². The van der Waals surface area contributed by atoms with Gasteiger partial charge in [0.2, 0.25) is 0 Å². The number of rotatable bonds is 10. The molecule has 24 heavy (non-hydrogen) atoms. The molecular formula is C17H31NO6. The van der Waals surface area contributed by atoms with Gasteiger partial charge in [-0.25, -0.2) is 4.79 Å². The lowest BCUT2D eigenvalue weighted by atomic mass is 9.81. The number of carbonyl (C=O) groups is 3. The molecule has 0 saturated heterocycles. The first kappa shape index (κ1) is 22.2. The molecule has 0 fully saturated rings. The van der Waals surface area contributed by atoms with Crippen LogP contribution in [0.25, 0.3) is 0 Å². The molecular weight excluding hydrogens is 314 g/mol. The van der Waals surface area contributed by atoms with Crippen molar-refractivity contribution in [1.29, 1.82) is 0 Å². The molecule has 0 spiro atoms. The van der Waals surface area contributed by atoms with E-state index in [0.717, 1.165) is 6.42 Å². The summed E-state index contributed by atoms with van der Waals surface area (Å²) in [5.74, 6) is -1.33. The number of amides is 1. The zero-order chi connectivity index (χ0) is 18.9. The predicted molar refractivity (Wildman–Crippen MR) is 89.2 cm³/mol. The predicted octanol–water partition coefficient (Wildman–Crippen LogP) is 3.03. The molecule has 2 N–H and O–H groups in total. The zero-order valence-corrected chi connectivity index (χ0v) is 15.5. The lowest BCUT2D eigenvalue weighted by molar-refractivity contribution is -0.172. The van der Waals surface area contributed by atoms with Crippen LogP contribution < -0.4 is 5.32 Å². The number of ether oxygens (including phenoxy) is 2. The maximum atomic E-state index is 11.9. The van der Waals surface area contributed by atoms with Crippen LogP contribution in [0.2, 0.25) is 0 Å². The van der Waals surface area contributed by atoms with Gasteiger partial charge < -0.3 is 19.9 Å². The molecule has 7 nitrogen and oxygen atoms in total. The molecule has 0 aliphatic carbocycles. The first-order valence-electron chi connectivity index (χ1n) is 8.41. The van der Waals surface area contributed by atoms with Gasteiger partial charge in [0.25, 0.3) is 6.29 Å². The summed E-state index contributed by atoms with van der Waals surface area (Å²) in [4.78, 5) is 34.0. The molecule has 0 saturated carbocycles. The van der Waals surface area contributed by atoms with E-state index in [1.165, 1.54) is 6.92 Å². The number of alkyl carbamates (subject to hydrolysis) is 1. The molecule has 0 rings (SSSR count). The smallest absolute Gasteiger partial charge is 0.410 e. The van der Waals surface area contributed by atoms with Gasteiger partial charge in [0, 0.05) is 19.4 Å². The van der Waals surface area contributed by atoms with Crippen molar-refractivity contribution in [3.05, 3.63) is 0 Å². The van der Waals surface area contributed by atoms with Crippen molar-refractivity contribution in [2.24, 2.45) is 23.7 Å². The summed E-state index contributed by atoms with van der Waals surface area (Å²) in [6.45, 7) is 11.1. The van der Waals surface area contributed by atoms with Crippen LogP contribution in [-0.2, 0) is 19.1 Å². The highest BCUT2D eigenvalue weighted by Gasteiger charge is 2.26. The Kier molecular flexibility index (Phi) is 10.1. The normalized spacial score (nSPS) is 16.0. The Morgan fingerprint density at radius 1 is 1.08 bits per heavy atom. The van der Waals surface area contributed by atoms with E-state index < -0.39 is 24.3 Å². The van der Waals surface area contributed by atoms with Gasteiger partial charge in [-0.2, -0.15) is 0 Å². The molecule has 1 amide bonds. The quantitative estimate of drug-likeness (QED) is 0.466. The van der Waals surface area contributed by atoms with Crippen LogP contribution in [0.5, 0.6) is 0 Å². The highest BCUT2D eigenvalue weighted by Crippen LogP contribution is 2.25. The monoisotopic (exact) mass is 345 g/mol. The fraction of sp³-hybridized carbons (Fsp3) is 0.824. The van der Waals surface area contributed by atoms with Gasteiger partial charge in [-0.05, 0) is 17.8 Å². The second kappa shape index (κ2) is 10.9. The van der Waals surface area contributed by atoms with E-state index in [1.54, 1.807) is 13.8 Å². The van der Waals surface area contributed by atoms with E-state index in [1.807, 2.05) is 13.8 Å². The molecule has 0 bridgehead atoms. The average molecular weight is 345 g/mol. The van der Waals surface area contributed by atoms with Crippen molar-refractivity contribution in [1.82, 2.24) is 5.32 Å². The number of carboxylic acids is 1. The van der Waals surface area contributed by atoms with Gasteiger partial charge in [0.1, 0.15) is 0 Å². The topological polar surface area (TPSA) is 102 Å². The molecule has 0 aliphatic heterocycles. The number of esters is 1. The first-order valence-corrected chi connectivity index (χ1v) is 8.41. The van der Waals surface area contributed by atoms with Crippen molar-refractivity contribution in [3.63, 3.8) is 0 Å². The van der Waals surface area contributed by atoms with Crippen molar-refractivity contribution < 1.29 is 29.0 Å². The van der Waals surface area contributed by atoms with Crippen LogP contribution >= 0.6 is 0 Å². The van der Waals surface area contributed by atoms with Crippen LogP contribution in [0.4, 0.5) is 4.79 Å². The Labute approximate surface area is 144 Å². The standard InChI is InChI=1S/C17H31NO6/c1-7-11(4)12(5)14(8-15(20)21)9-18-17(22)24-16(10(2)3)23-13(6)19/h10-12,14,16H,7-9H2,1-6H3,(H,18,22)(H,20,21)/t11-,12-,14+,16-/m1/s1. The highest BCUT2D eigenvalue weighted by molar-refractivity contribution is 5.69. The summed E-state index contributed by atoms with van der Waals surface area (Å²) in [7, 11) is 0. The van der Waals surface area contributed by atoms with Crippen LogP contribution in [0, 0.1) is 23.7 Å². The summed E-state index contributed by atoms with van der Waals surface area (Å²) in [6.07, 6.45) is -0.776. The largest absolute Gasteiger partial charge is 0.481 e. The Morgan fingerprint density at radius 2 is 1.67 bits per heavy atom. The molecule has 0 aromatic carbocycles. The van der Waals surface area contributed by atoms with E-state index in [4.69, 9.17) is 14.6 Å². The molecule has 0 radical (unpaired) electrons. The van der Waals surface area contributed by atoms with E-state index in [0.29, 0.717) is 5.92 Å². The molecule has 0 unspecified atom stereocenters. The van der Waals surface area contributed by atoms with Crippen molar-refractivity contribution in [3.8, 4) is 0 Å². The molecule has 0 aliphatic rings. The van der Waals surface area contributed by atoms with E-state index in [2.05, 4.69) is 12.2 Å². The van der Waals surface area contributed by atoms with Gasteiger partial charge in [0.05, 0.1) is 6.42 Å². The van der Waals surface area contributed by atoms with E-state index in [9.17, 15) is 14.4 Å². The van der Waals surface area contributed by atoms with Crippen LogP contribution in [-0.4, -0.2) is 36.0 Å². The average Bonchev–Trinajstić information content (AvgIpc) is 2.48. The fourth-order valence-electron chi connectivity index (χ4n) is 2.33. The Hall–Kier alpha value is -1.79. The van der Waals surface area contributed by atoms with Crippen LogP contribution in [0.1, 0.15) is 54.4 Å². The molecule has 4 atom stereocenters. The van der Waals surface area contributed by atoms with Gasteiger partial charge in [-0.1, -0.05) is 41.0 Å². The second-order valence-corrected chi connectivity index (χ2v) is 6.61. The third-order valence-electron chi connectivity index (χ3n) is 4.28. The van der Waals surface area contributed by atoms with E-state index >= 15 is 0 Å². The summed E-state index contributed by atoms with van der Waals surface area (Å²) in [5, 5.41) is 11.7. The number of aliphatic carboxylic acids is 1. The van der Waals surface area contributed by atoms with E-state index in [-0.39, 0.29) is 30.7 Å². The Bertz CT molecular complexity index is 423. The van der Waals surface area contributed by atoms with Gasteiger partial charge in [0.15, 0.2) is 0 Å². The number of carboxylic acid groups (broad SMARTS) is 1. The minimum absolute atomic E-state index is 0.0245. The second-order valence-electron chi connectivity index (χ2n) is 6.61. The highest BCUT2D eigenvalue weighted by atomic mass is 16.7. The molecule has 140 valence electrons. The number of carbonyl (C=O) groups excluding carboxylic acids is 2. The minimum atomic E-state index is -0.965. The van der Waals surface area contributed by atoms with Crippen LogP contribution in [0.3, 0.4) is 0 Å². The third kappa shape index (κ3) is 8.74. The lowest BCUT2D eigenvalue weighted by Gasteiger charge is -2.28. The molecule has 0 aromatic rings. The lowest BCUT2D eigenvalue weighted by Crippen LogP contribution is -2.38. The van der Waals surface area contributed by atoms with Crippen molar-refractivity contribution in [2.45, 2.75) is 60.7 Å². The first-order chi connectivity index (χ1) is 11.1. The fourth-order valence-corrected chi connectivity index (χ4v) is 2.33. The zero-order valence-electron chi connectivity index (χ0n) is 15.5. The number of hydrogen-bond acceptors (Lipinski definition) is 5. The summed E-state index contributed by atoms with van der Waals surface area (Å²) < 4.78 is 10.0. The maximum Gasteiger partial charge on any atom is 0.410 e. The van der Waals surface area contributed by atoms with Crippen LogP contribution in [0.15, 0.2) is 0 Å². The molecule has 0 heterocycles. The Morgan fingerprint density at radius 3 is 2.08 bits per heavy atom. The maximum absolute atomic E-state index is 11.9. The minimum Gasteiger partial charge on any atom is -0.481 e. The summed E-state index contributed by atoms with van der Waals surface area (Å²) >= 11 is 0. The Balaban J connectivity index is 4.68. The number of nitrogens with one attached hydrogen (secondary N) is 1. The SMILES string of the molecule is CC[C@@H](C)[C@@H](C)[C@H](CNC(=O)O[C@@H](OC(C)=O)C(C)C)CC(=O)O. The van der Waals surface area contributed by atoms with Gasteiger partial charge in [-0.15, -0.1) is 0 Å². The number of hydrogen-bond donors (Lipinski definition) is 2. The van der Waals surface area contributed by atoms with Crippen molar-refractivity contribution in [2.75, 3.05) is 6.54 Å². The van der Waals surface area contributed by atoms with Crippen molar-refractivity contribution >= 4 is 18.0 Å².